The van der Waals surface area contributed by atoms with Crippen molar-refractivity contribution in [1.29, 1.82) is 0 Å². The zero-order chi connectivity index (χ0) is 14.3. The van der Waals surface area contributed by atoms with Gasteiger partial charge < -0.3 is 41.2 Å². The van der Waals surface area contributed by atoms with Crippen molar-refractivity contribution < 1.29 is 165 Å². The predicted octanol–water partition coefficient (Wildman–Crippen LogP) is -26.3. The fourth-order valence-corrected chi connectivity index (χ4v) is 0. The first kappa shape index (κ1) is 32.6. The molecule has 0 aliphatic heterocycles. The quantitative estimate of drug-likeness (QED) is 0.205. The summed E-state index contributed by atoms with van der Waals surface area (Å²) in [5.74, 6) is 0. The van der Waals surface area contributed by atoms with Crippen LogP contribution >= 0.6 is 0 Å². The topological polar surface area (TPSA) is 277 Å². The molecule has 104 valence electrons. The fourth-order valence-electron chi connectivity index (χ4n) is 0. The summed E-state index contributed by atoms with van der Waals surface area (Å²) < 4.78 is 103. The van der Waals surface area contributed by atoms with Crippen LogP contribution in [0.5, 0.6) is 0 Å². The van der Waals surface area contributed by atoms with Crippen LogP contribution in [0.1, 0.15) is 0 Å². The molecule has 0 N–H and O–H groups in total. The van der Waals surface area contributed by atoms with E-state index in [9.17, 15) is 0 Å². The van der Waals surface area contributed by atoms with E-state index >= 15 is 0 Å². The maximum atomic E-state index is 8.57. The Hall–Kier alpha value is 3.76. The van der Waals surface area contributed by atoms with E-state index in [1.807, 2.05) is 0 Å². The average molecular weight is 932 g/mol. The largest absolute Gasteiger partial charge is 4.00 e. The van der Waals surface area contributed by atoms with Gasteiger partial charge in [-0.1, -0.05) is 0 Å². The monoisotopic (exact) mass is 932 g/mol. The third-order valence-electron chi connectivity index (χ3n) is 0. The van der Waals surface area contributed by atoms with Gasteiger partial charge in [0.05, 0.1) is 0 Å². The molecule has 0 amide bonds. The second kappa shape index (κ2) is 28.0. The van der Waals surface area contributed by atoms with Gasteiger partial charge in [0.15, 0.2) is 0 Å². The van der Waals surface area contributed by atoms with Crippen LogP contribution in [0.3, 0.4) is 0 Å². The van der Waals surface area contributed by atoms with Gasteiger partial charge in [-0.05, 0) is 0 Å². The third-order valence-corrected chi connectivity index (χ3v) is 0. The van der Waals surface area contributed by atoms with Crippen LogP contribution in [0.25, 0.3) is 0 Å². The summed E-state index contributed by atoms with van der Waals surface area (Å²) in [4.78, 5) is 0. The van der Waals surface area contributed by atoms with Gasteiger partial charge in [0.1, 0.15) is 0 Å². The van der Waals surface area contributed by atoms with Gasteiger partial charge in [-0.2, -0.15) is 0 Å². The van der Waals surface area contributed by atoms with E-state index < -0.39 is 84.3 Å². The number of halogens is 4. The van der Waals surface area contributed by atoms with Crippen LogP contribution in [-0.4, -0.2) is 0 Å². The second-order valence-electron chi connectivity index (χ2n) is 0.756. The molecule has 0 saturated carbocycles. The molecule has 0 aromatic rings. The summed E-state index contributed by atoms with van der Waals surface area (Å²) in [7, 11) is 0. The van der Waals surface area contributed by atoms with Gasteiger partial charge in [-0.25, -0.2) is 0 Å². The molecule has 0 saturated heterocycles. The van der Waals surface area contributed by atoms with E-state index in [-0.39, 0.29) is 39.9 Å². The molecule has 0 aromatic heterocycles. The molecule has 0 bridgehead atoms. The Morgan fingerprint density at radius 2 is 0.294 bits per heavy atom. The summed E-state index contributed by atoms with van der Waals surface area (Å²) in [6.07, 6.45) is 0. The van der Waals surface area contributed by atoms with Crippen LogP contribution in [0, 0.1) is 39.9 Å². The predicted molar refractivity (Wildman–Crippen MR) is 0 cm³/mol. The summed E-state index contributed by atoms with van der Waals surface area (Å²) in [6, 6.07) is 0. The normalized spacial score (nSPS) is 8.47. The van der Waals surface area contributed by atoms with E-state index in [0.717, 1.165) is 0 Å². The van der Waals surface area contributed by atoms with Crippen molar-refractivity contribution in [3.8, 4) is 0 Å². The molecule has 17 heteroatoms. The van der Waals surface area contributed by atoms with Crippen LogP contribution in [-0.2, 0) is 0 Å². The number of hydrogen-bond donors (Lipinski definition) is 0. The first-order chi connectivity index (χ1) is 6.93. The van der Waals surface area contributed by atoms with Crippen LogP contribution in [0.4, 0.5) is 0 Å². The van der Waals surface area contributed by atoms with E-state index in [4.69, 9.17) is 41.2 Å². The van der Waals surface area contributed by atoms with E-state index in [0.29, 0.717) is 0 Å². The van der Waals surface area contributed by atoms with Crippen LogP contribution in [0.2, 0.25) is 0 Å². The Kier molecular flexibility index (Phi) is 53.8. The van der Waals surface area contributed by atoms with Crippen molar-refractivity contribution in [2.24, 2.45) is 0 Å². The minimum absolute atomic E-state index is 0. The summed E-state index contributed by atoms with van der Waals surface area (Å²) in [5.41, 5.74) is 0. The molecule has 12 nitrogen and oxygen atoms in total. The first-order valence-corrected chi connectivity index (χ1v) is 12.4. The van der Waals surface area contributed by atoms with E-state index in [1.54, 1.807) is 0 Å². The van der Waals surface area contributed by atoms with Gasteiger partial charge in [0.25, 0.3) is 84.3 Å². The van der Waals surface area contributed by atoms with E-state index in [1.165, 1.54) is 0 Å². The van der Waals surface area contributed by atoms with Gasteiger partial charge in [-0.3, -0.25) is 0 Å². The van der Waals surface area contributed by atoms with Crippen molar-refractivity contribution in [3.63, 3.8) is 0 Å². The van der Waals surface area contributed by atoms with Crippen molar-refractivity contribution in [1.82, 2.24) is 0 Å². The number of rotatable bonds is 0. The van der Waals surface area contributed by atoms with Crippen molar-refractivity contribution in [2.45, 2.75) is 0 Å². The van der Waals surface area contributed by atoms with Crippen molar-refractivity contribution in [3.05, 3.63) is 0 Å². The summed E-state index contributed by atoms with van der Waals surface area (Å²) in [6.45, 7) is 0. The molecular formula is I4O12Th. The number of hydrogen-bond acceptors (Lipinski definition) is 12. The molecule has 0 spiro atoms. The Morgan fingerprint density at radius 3 is 0.294 bits per heavy atom. The molecule has 0 atom stereocenters. The second-order valence-corrected chi connectivity index (χ2v) is 5.07. The van der Waals surface area contributed by atoms with Crippen LogP contribution in [0.15, 0.2) is 0 Å². The zero-order valence-corrected chi connectivity index (χ0v) is 19.7. The standard InChI is InChI=1S/4IO3.Th/c4*2-1(3)4;/q4*-1;+4. The Labute approximate surface area is 162 Å². The maximum Gasteiger partial charge on any atom is 4.00 e. The smallest absolute Gasteiger partial charge is 0.427 e. The first-order valence-electron chi connectivity index (χ1n) is 1.85. The van der Waals surface area contributed by atoms with Gasteiger partial charge >= 0.3 is 39.9 Å². The van der Waals surface area contributed by atoms with Gasteiger partial charge in [0, 0.05) is 0 Å². The zero-order valence-electron chi connectivity index (χ0n) is 6.91. The Bertz CT molecular complexity index is 61.5. The van der Waals surface area contributed by atoms with Crippen molar-refractivity contribution >= 4 is 0 Å². The molecule has 0 aliphatic carbocycles. The summed E-state index contributed by atoms with van der Waals surface area (Å²) in [5, 5.41) is 0. The molecule has 0 aliphatic rings. The maximum absolute atomic E-state index is 8.57. The molecule has 0 aromatic carbocycles. The van der Waals surface area contributed by atoms with E-state index in [2.05, 4.69) is 0 Å². The Morgan fingerprint density at radius 1 is 0.294 bits per heavy atom. The molecule has 0 radical (unpaired) electrons. The molecule has 0 heterocycles. The minimum atomic E-state index is -4.01. The van der Waals surface area contributed by atoms with Crippen molar-refractivity contribution in [2.75, 3.05) is 0 Å². The molecule has 0 fully saturated rings. The molecule has 0 unspecified atom stereocenters. The average Bonchev–Trinajstić information content (AvgIpc) is 1.76. The SMILES string of the molecule is [O-][I+2]([O-])[O-].[O-][I+2]([O-])[O-].[O-][I+2]([O-])[O-].[O-][I+2]([O-])[O-].[Th+4]. The molecule has 0 rings (SSSR count). The molecule has 17 heavy (non-hydrogen) atoms. The third kappa shape index (κ3) is 440. The summed E-state index contributed by atoms with van der Waals surface area (Å²) >= 11 is -16.1. The molecular weight excluding hydrogens is 932 g/mol. The van der Waals surface area contributed by atoms with Gasteiger partial charge in [0.2, 0.25) is 0 Å². The van der Waals surface area contributed by atoms with Gasteiger partial charge in [-0.15, -0.1) is 0 Å². The van der Waals surface area contributed by atoms with Crippen LogP contribution < -0.4 is 125 Å². The minimum Gasteiger partial charge on any atom is -0.427 e. The Balaban J connectivity index is -0.0000000369. The fraction of sp³-hybridized carbons (Fsp3) is 0.